The standard InChI is InChI=1S/C10H18N4S/c1-9-11-12-10(13(9)2)8-14-4-3-6-15-7-5-14/h3-8H2,1-2H3. The van der Waals surface area contributed by atoms with Gasteiger partial charge in [-0.2, -0.15) is 11.8 Å². The lowest BCUT2D eigenvalue weighted by atomic mass is 10.4. The summed E-state index contributed by atoms with van der Waals surface area (Å²) in [5.41, 5.74) is 0. The second-order valence-corrected chi connectivity index (χ2v) is 5.19. The van der Waals surface area contributed by atoms with Crippen LogP contribution in [0.5, 0.6) is 0 Å². The van der Waals surface area contributed by atoms with Crippen LogP contribution in [-0.2, 0) is 13.6 Å². The van der Waals surface area contributed by atoms with Gasteiger partial charge in [-0.1, -0.05) is 0 Å². The van der Waals surface area contributed by atoms with Gasteiger partial charge in [0.2, 0.25) is 0 Å². The maximum absolute atomic E-state index is 4.20. The lowest BCUT2D eigenvalue weighted by molar-refractivity contribution is 0.277. The van der Waals surface area contributed by atoms with Gasteiger partial charge in [0.1, 0.15) is 11.6 Å². The van der Waals surface area contributed by atoms with E-state index in [1.165, 1.54) is 31.0 Å². The molecule has 0 radical (unpaired) electrons. The van der Waals surface area contributed by atoms with Crippen molar-refractivity contribution < 1.29 is 0 Å². The van der Waals surface area contributed by atoms with E-state index in [0.29, 0.717) is 0 Å². The first kappa shape index (κ1) is 11.0. The van der Waals surface area contributed by atoms with Crippen molar-refractivity contribution in [1.82, 2.24) is 19.7 Å². The van der Waals surface area contributed by atoms with Crippen LogP contribution in [0.25, 0.3) is 0 Å². The van der Waals surface area contributed by atoms with Crippen LogP contribution in [0.2, 0.25) is 0 Å². The molecule has 0 unspecified atom stereocenters. The quantitative estimate of drug-likeness (QED) is 0.755. The van der Waals surface area contributed by atoms with Gasteiger partial charge >= 0.3 is 0 Å². The molecule has 0 aliphatic carbocycles. The minimum Gasteiger partial charge on any atom is -0.317 e. The van der Waals surface area contributed by atoms with Crippen LogP contribution in [0.15, 0.2) is 0 Å². The predicted molar refractivity (Wildman–Crippen MR) is 63.0 cm³/mol. The average molecular weight is 226 g/mol. The van der Waals surface area contributed by atoms with Crippen molar-refractivity contribution in [2.75, 3.05) is 24.6 Å². The third kappa shape index (κ3) is 2.72. The number of rotatable bonds is 2. The van der Waals surface area contributed by atoms with E-state index in [2.05, 4.69) is 31.4 Å². The fourth-order valence-electron chi connectivity index (χ4n) is 1.74. The van der Waals surface area contributed by atoms with Crippen LogP contribution in [0.3, 0.4) is 0 Å². The Morgan fingerprint density at radius 2 is 2.13 bits per heavy atom. The Labute approximate surface area is 95.1 Å². The van der Waals surface area contributed by atoms with Gasteiger partial charge in [-0.05, 0) is 25.6 Å². The van der Waals surface area contributed by atoms with Crippen LogP contribution in [0, 0.1) is 6.92 Å². The van der Waals surface area contributed by atoms with Crippen LogP contribution in [-0.4, -0.2) is 44.3 Å². The van der Waals surface area contributed by atoms with Crippen molar-refractivity contribution in [3.8, 4) is 0 Å². The van der Waals surface area contributed by atoms with Crippen LogP contribution >= 0.6 is 11.8 Å². The van der Waals surface area contributed by atoms with E-state index in [1.54, 1.807) is 0 Å². The molecule has 5 heteroatoms. The number of aromatic nitrogens is 3. The van der Waals surface area contributed by atoms with E-state index >= 15 is 0 Å². The highest BCUT2D eigenvalue weighted by Crippen LogP contribution is 2.12. The van der Waals surface area contributed by atoms with Gasteiger partial charge < -0.3 is 4.57 Å². The van der Waals surface area contributed by atoms with E-state index in [9.17, 15) is 0 Å². The first-order valence-electron chi connectivity index (χ1n) is 5.42. The summed E-state index contributed by atoms with van der Waals surface area (Å²) in [4.78, 5) is 2.48. The Bertz CT molecular complexity index is 315. The topological polar surface area (TPSA) is 34.0 Å². The number of hydrogen-bond acceptors (Lipinski definition) is 4. The number of nitrogens with zero attached hydrogens (tertiary/aromatic N) is 4. The highest BCUT2D eigenvalue weighted by atomic mass is 32.2. The Balaban J connectivity index is 1.98. The normalized spacial score (nSPS) is 19.1. The second-order valence-electron chi connectivity index (χ2n) is 3.96. The zero-order valence-corrected chi connectivity index (χ0v) is 10.3. The van der Waals surface area contributed by atoms with E-state index in [4.69, 9.17) is 0 Å². The highest BCUT2D eigenvalue weighted by molar-refractivity contribution is 7.99. The Hall–Kier alpha value is -0.550. The largest absolute Gasteiger partial charge is 0.317 e. The molecule has 4 nitrogen and oxygen atoms in total. The first-order valence-corrected chi connectivity index (χ1v) is 6.58. The summed E-state index contributed by atoms with van der Waals surface area (Å²) in [6, 6.07) is 0. The number of aryl methyl sites for hydroxylation is 1. The van der Waals surface area contributed by atoms with Crippen molar-refractivity contribution in [2.24, 2.45) is 7.05 Å². The lowest BCUT2D eigenvalue weighted by Gasteiger charge is -2.18. The van der Waals surface area contributed by atoms with Gasteiger partial charge in [0, 0.05) is 19.3 Å². The monoisotopic (exact) mass is 226 g/mol. The first-order chi connectivity index (χ1) is 7.27. The molecule has 15 heavy (non-hydrogen) atoms. The highest BCUT2D eigenvalue weighted by Gasteiger charge is 2.13. The Kier molecular flexibility index (Phi) is 3.64. The molecule has 0 N–H and O–H groups in total. The van der Waals surface area contributed by atoms with Gasteiger partial charge in [-0.25, -0.2) is 0 Å². The molecule has 1 fully saturated rings. The van der Waals surface area contributed by atoms with Gasteiger partial charge in [0.25, 0.3) is 0 Å². The minimum absolute atomic E-state index is 0.942. The molecule has 1 saturated heterocycles. The summed E-state index contributed by atoms with van der Waals surface area (Å²) in [6.07, 6.45) is 1.29. The maximum Gasteiger partial charge on any atom is 0.146 e. The molecular formula is C10H18N4S. The Morgan fingerprint density at radius 1 is 1.27 bits per heavy atom. The number of thioether (sulfide) groups is 1. The molecule has 0 spiro atoms. The zero-order valence-electron chi connectivity index (χ0n) is 9.44. The van der Waals surface area contributed by atoms with Crippen molar-refractivity contribution in [2.45, 2.75) is 19.9 Å². The summed E-state index contributed by atoms with van der Waals surface area (Å²) in [6.45, 7) is 5.31. The summed E-state index contributed by atoms with van der Waals surface area (Å²) >= 11 is 2.05. The third-order valence-corrected chi connectivity index (χ3v) is 3.91. The summed E-state index contributed by atoms with van der Waals surface area (Å²) in [7, 11) is 2.04. The average Bonchev–Trinajstić information content (AvgIpc) is 2.50. The minimum atomic E-state index is 0.942. The van der Waals surface area contributed by atoms with Crippen molar-refractivity contribution in [1.29, 1.82) is 0 Å². The van der Waals surface area contributed by atoms with E-state index in [1.807, 2.05) is 14.0 Å². The van der Waals surface area contributed by atoms with E-state index in [-0.39, 0.29) is 0 Å². The number of hydrogen-bond donors (Lipinski definition) is 0. The maximum atomic E-state index is 4.20. The molecule has 0 atom stereocenters. The molecule has 2 rings (SSSR count). The summed E-state index contributed by atoms with van der Waals surface area (Å²) < 4.78 is 2.08. The Morgan fingerprint density at radius 3 is 2.87 bits per heavy atom. The van der Waals surface area contributed by atoms with Gasteiger partial charge in [-0.3, -0.25) is 4.90 Å². The molecule has 1 aliphatic heterocycles. The van der Waals surface area contributed by atoms with Crippen molar-refractivity contribution in [3.63, 3.8) is 0 Å². The van der Waals surface area contributed by atoms with Gasteiger partial charge in [0.15, 0.2) is 0 Å². The third-order valence-electron chi connectivity index (χ3n) is 2.86. The van der Waals surface area contributed by atoms with Crippen molar-refractivity contribution in [3.05, 3.63) is 11.6 Å². The molecule has 1 aliphatic rings. The van der Waals surface area contributed by atoms with E-state index < -0.39 is 0 Å². The SMILES string of the molecule is Cc1nnc(CN2CCCSCC2)n1C. The molecule has 0 bridgehead atoms. The molecule has 1 aromatic heterocycles. The van der Waals surface area contributed by atoms with Crippen molar-refractivity contribution >= 4 is 11.8 Å². The van der Waals surface area contributed by atoms with Crippen LogP contribution in [0.1, 0.15) is 18.1 Å². The lowest BCUT2D eigenvalue weighted by Crippen LogP contribution is -2.27. The molecule has 84 valence electrons. The van der Waals surface area contributed by atoms with Gasteiger partial charge in [-0.15, -0.1) is 10.2 Å². The zero-order chi connectivity index (χ0) is 10.7. The fourth-order valence-corrected chi connectivity index (χ4v) is 2.67. The predicted octanol–water partition coefficient (Wildman–Crippen LogP) is 1.06. The van der Waals surface area contributed by atoms with Crippen LogP contribution < -0.4 is 0 Å². The summed E-state index contributed by atoms with van der Waals surface area (Å²) in [5, 5.41) is 8.29. The van der Waals surface area contributed by atoms with E-state index in [0.717, 1.165) is 18.2 Å². The van der Waals surface area contributed by atoms with Gasteiger partial charge in [0.05, 0.1) is 6.54 Å². The smallest absolute Gasteiger partial charge is 0.146 e. The molecule has 1 aromatic rings. The molecule has 0 saturated carbocycles. The molecular weight excluding hydrogens is 208 g/mol. The summed E-state index contributed by atoms with van der Waals surface area (Å²) in [5.74, 6) is 4.62. The van der Waals surface area contributed by atoms with Crippen LogP contribution in [0.4, 0.5) is 0 Å². The molecule has 0 amide bonds. The fraction of sp³-hybridized carbons (Fsp3) is 0.800. The second kappa shape index (κ2) is 4.99. The molecule has 0 aromatic carbocycles. The molecule has 2 heterocycles.